The molecule has 0 bridgehead atoms. The van der Waals surface area contributed by atoms with Crippen LogP contribution in [0.1, 0.15) is 21.7 Å². The van der Waals surface area contributed by atoms with Gasteiger partial charge in [-0.05, 0) is 19.1 Å². The number of pyridine rings is 1. The minimum Gasteiger partial charge on any atom is -0.481 e. The zero-order valence-electron chi connectivity index (χ0n) is 13.5. The molecular formula is C15H21N5O2. The summed E-state index contributed by atoms with van der Waals surface area (Å²) in [6.07, 6.45) is 1.63. The van der Waals surface area contributed by atoms with E-state index in [0.29, 0.717) is 18.1 Å². The molecule has 2 rings (SSSR count). The molecule has 1 N–H and O–H groups in total. The molecule has 0 aliphatic rings. The van der Waals surface area contributed by atoms with Crippen molar-refractivity contribution in [3.05, 3.63) is 35.3 Å². The Labute approximate surface area is 129 Å². The van der Waals surface area contributed by atoms with E-state index < -0.39 is 0 Å². The summed E-state index contributed by atoms with van der Waals surface area (Å²) in [5, 5.41) is 7.14. The van der Waals surface area contributed by atoms with Crippen LogP contribution in [0.4, 0.5) is 5.69 Å². The largest absolute Gasteiger partial charge is 0.481 e. The SMILES string of the molecule is COc1c(CNC(=O)c2cc(N(C)C)ccn2)c(C)nn1C. The van der Waals surface area contributed by atoms with E-state index in [1.165, 1.54) is 0 Å². The van der Waals surface area contributed by atoms with Crippen molar-refractivity contribution in [2.45, 2.75) is 13.5 Å². The van der Waals surface area contributed by atoms with Gasteiger partial charge in [-0.2, -0.15) is 5.10 Å². The highest BCUT2D eigenvalue weighted by atomic mass is 16.5. The number of aromatic nitrogens is 3. The highest BCUT2D eigenvalue weighted by molar-refractivity contribution is 5.93. The molecule has 7 heteroatoms. The standard InChI is InChI=1S/C15H21N5O2/c1-10-12(15(22-5)20(4)18-10)9-17-14(21)13-8-11(19(2)3)6-7-16-13/h6-8H,9H2,1-5H3,(H,17,21). The lowest BCUT2D eigenvalue weighted by atomic mass is 10.2. The Morgan fingerprint density at radius 1 is 1.45 bits per heavy atom. The summed E-state index contributed by atoms with van der Waals surface area (Å²) in [7, 11) is 7.23. The molecule has 0 aliphatic heterocycles. The second kappa shape index (κ2) is 6.46. The fourth-order valence-electron chi connectivity index (χ4n) is 2.22. The van der Waals surface area contributed by atoms with E-state index in [0.717, 1.165) is 16.9 Å². The van der Waals surface area contributed by atoms with Gasteiger partial charge in [-0.25, -0.2) is 4.68 Å². The van der Waals surface area contributed by atoms with Gasteiger partial charge in [0.15, 0.2) is 0 Å². The van der Waals surface area contributed by atoms with Gasteiger partial charge >= 0.3 is 0 Å². The first-order valence-corrected chi connectivity index (χ1v) is 6.92. The molecule has 118 valence electrons. The average Bonchev–Trinajstić information content (AvgIpc) is 2.77. The van der Waals surface area contributed by atoms with Crippen LogP contribution in [0.3, 0.4) is 0 Å². The first-order valence-electron chi connectivity index (χ1n) is 6.92. The second-order valence-electron chi connectivity index (χ2n) is 5.17. The molecular weight excluding hydrogens is 282 g/mol. The number of carbonyl (C=O) groups is 1. The van der Waals surface area contributed by atoms with Crippen LogP contribution in [0.2, 0.25) is 0 Å². The van der Waals surface area contributed by atoms with Crippen LogP contribution in [0.5, 0.6) is 5.88 Å². The Balaban J connectivity index is 2.12. The van der Waals surface area contributed by atoms with Crippen LogP contribution in [0.15, 0.2) is 18.3 Å². The molecule has 1 amide bonds. The van der Waals surface area contributed by atoms with Crippen molar-refractivity contribution in [2.24, 2.45) is 7.05 Å². The Morgan fingerprint density at radius 3 is 2.82 bits per heavy atom. The third-order valence-electron chi connectivity index (χ3n) is 3.40. The number of rotatable bonds is 5. The summed E-state index contributed by atoms with van der Waals surface area (Å²) in [4.78, 5) is 18.3. The van der Waals surface area contributed by atoms with Crippen molar-refractivity contribution in [3.8, 4) is 5.88 Å². The summed E-state index contributed by atoms with van der Waals surface area (Å²) < 4.78 is 6.97. The van der Waals surface area contributed by atoms with Crippen LogP contribution in [-0.2, 0) is 13.6 Å². The fraction of sp³-hybridized carbons (Fsp3) is 0.400. The van der Waals surface area contributed by atoms with E-state index in [-0.39, 0.29) is 5.91 Å². The molecule has 0 radical (unpaired) electrons. The van der Waals surface area contributed by atoms with Crippen molar-refractivity contribution < 1.29 is 9.53 Å². The number of carbonyl (C=O) groups excluding carboxylic acids is 1. The fourth-order valence-corrected chi connectivity index (χ4v) is 2.22. The van der Waals surface area contributed by atoms with Gasteiger partial charge in [-0.15, -0.1) is 0 Å². The normalized spacial score (nSPS) is 10.4. The zero-order valence-corrected chi connectivity index (χ0v) is 13.5. The number of nitrogens with one attached hydrogen (secondary N) is 1. The third kappa shape index (κ3) is 3.19. The van der Waals surface area contributed by atoms with E-state index in [2.05, 4.69) is 15.4 Å². The number of methoxy groups -OCH3 is 1. The highest BCUT2D eigenvalue weighted by Gasteiger charge is 2.16. The smallest absolute Gasteiger partial charge is 0.270 e. The van der Waals surface area contributed by atoms with Gasteiger partial charge in [0.2, 0.25) is 5.88 Å². The van der Waals surface area contributed by atoms with Gasteiger partial charge in [0.1, 0.15) is 5.69 Å². The average molecular weight is 303 g/mol. The number of hydrogen-bond acceptors (Lipinski definition) is 5. The number of aryl methyl sites for hydroxylation is 2. The molecule has 0 saturated carbocycles. The lowest BCUT2D eigenvalue weighted by Gasteiger charge is -2.13. The van der Waals surface area contributed by atoms with Crippen molar-refractivity contribution >= 4 is 11.6 Å². The molecule has 2 aromatic rings. The Bertz CT molecular complexity index is 679. The van der Waals surface area contributed by atoms with Gasteiger partial charge in [0.25, 0.3) is 5.91 Å². The summed E-state index contributed by atoms with van der Waals surface area (Å²) in [5.74, 6) is 0.418. The zero-order chi connectivity index (χ0) is 16.3. The predicted molar refractivity (Wildman–Crippen MR) is 84.2 cm³/mol. The van der Waals surface area contributed by atoms with E-state index in [4.69, 9.17) is 4.74 Å². The lowest BCUT2D eigenvalue weighted by molar-refractivity contribution is 0.0945. The molecule has 2 aromatic heterocycles. The van der Waals surface area contributed by atoms with Crippen molar-refractivity contribution in [2.75, 3.05) is 26.1 Å². The van der Waals surface area contributed by atoms with Crippen LogP contribution >= 0.6 is 0 Å². The van der Waals surface area contributed by atoms with Gasteiger partial charge in [-0.1, -0.05) is 0 Å². The molecule has 2 heterocycles. The molecule has 0 atom stereocenters. The van der Waals surface area contributed by atoms with Crippen LogP contribution in [-0.4, -0.2) is 41.9 Å². The maximum absolute atomic E-state index is 12.3. The highest BCUT2D eigenvalue weighted by Crippen LogP contribution is 2.20. The number of hydrogen-bond donors (Lipinski definition) is 1. The first-order chi connectivity index (χ1) is 10.4. The Kier molecular flexibility index (Phi) is 4.65. The number of ether oxygens (including phenoxy) is 1. The molecule has 22 heavy (non-hydrogen) atoms. The van der Waals surface area contributed by atoms with E-state index >= 15 is 0 Å². The van der Waals surface area contributed by atoms with Crippen molar-refractivity contribution in [1.29, 1.82) is 0 Å². The quantitative estimate of drug-likeness (QED) is 0.896. The predicted octanol–water partition coefficient (Wildman–Crippen LogP) is 1.13. The minimum absolute atomic E-state index is 0.228. The molecule has 0 aliphatic carbocycles. The first kappa shape index (κ1) is 15.8. The summed E-state index contributed by atoms with van der Waals surface area (Å²) in [6, 6.07) is 3.60. The number of amides is 1. The molecule has 0 unspecified atom stereocenters. The molecule has 0 spiro atoms. The van der Waals surface area contributed by atoms with Gasteiger partial charge < -0.3 is 15.0 Å². The van der Waals surface area contributed by atoms with Gasteiger partial charge in [0, 0.05) is 33.0 Å². The second-order valence-corrected chi connectivity index (χ2v) is 5.17. The van der Waals surface area contributed by atoms with Crippen molar-refractivity contribution in [3.63, 3.8) is 0 Å². The van der Waals surface area contributed by atoms with Crippen molar-refractivity contribution in [1.82, 2.24) is 20.1 Å². The number of anilines is 1. The van der Waals surface area contributed by atoms with Crippen LogP contribution in [0, 0.1) is 6.92 Å². The van der Waals surface area contributed by atoms with E-state index in [9.17, 15) is 4.79 Å². The van der Waals surface area contributed by atoms with Crippen LogP contribution in [0.25, 0.3) is 0 Å². The maximum atomic E-state index is 12.3. The van der Waals surface area contributed by atoms with E-state index in [1.807, 2.05) is 32.0 Å². The molecule has 0 aromatic carbocycles. The topological polar surface area (TPSA) is 72.3 Å². The Morgan fingerprint density at radius 2 is 2.18 bits per heavy atom. The maximum Gasteiger partial charge on any atom is 0.270 e. The lowest BCUT2D eigenvalue weighted by Crippen LogP contribution is -2.24. The van der Waals surface area contributed by atoms with Crippen LogP contribution < -0.4 is 15.0 Å². The number of nitrogens with zero attached hydrogens (tertiary/aromatic N) is 4. The summed E-state index contributed by atoms with van der Waals surface area (Å²) in [5.41, 5.74) is 3.00. The van der Waals surface area contributed by atoms with E-state index in [1.54, 1.807) is 31.1 Å². The minimum atomic E-state index is -0.228. The monoisotopic (exact) mass is 303 g/mol. The van der Waals surface area contributed by atoms with Gasteiger partial charge in [-0.3, -0.25) is 9.78 Å². The van der Waals surface area contributed by atoms with Gasteiger partial charge in [0.05, 0.1) is 24.9 Å². The summed E-state index contributed by atoms with van der Waals surface area (Å²) >= 11 is 0. The molecule has 7 nitrogen and oxygen atoms in total. The molecule has 0 saturated heterocycles. The molecule has 0 fully saturated rings. The third-order valence-corrected chi connectivity index (χ3v) is 3.40. The Hall–Kier alpha value is -2.57. The summed E-state index contributed by atoms with van der Waals surface area (Å²) in [6.45, 7) is 2.23.